The standard InChI is InChI=1S/C15H19BrN2O3/c1-9-5-6-18(13(7-9)14(19)20)15(21)17-11-4-3-10(2)12(16)8-11/h3-4,8-9,13H,5-7H2,1-2H3,(H,17,21)(H,19,20). The third-order valence-corrected chi connectivity index (χ3v) is 4.69. The molecule has 0 bridgehead atoms. The maximum atomic E-state index is 12.3. The average molecular weight is 355 g/mol. The summed E-state index contributed by atoms with van der Waals surface area (Å²) in [5.74, 6) is -0.620. The van der Waals surface area contributed by atoms with E-state index in [-0.39, 0.29) is 6.03 Å². The Morgan fingerprint density at radius 2 is 2.14 bits per heavy atom. The third kappa shape index (κ3) is 3.75. The van der Waals surface area contributed by atoms with Gasteiger partial charge in [-0.15, -0.1) is 0 Å². The van der Waals surface area contributed by atoms with E-state index >= 15 is 0 Å². The van der Waals surface area contributed by atoms with Crippen LogP contribution in [0.15, 0.2) is 22.7 Å². The van der Waals surface area contributed by atoms with Crippen molar-refractivity contribution < 1.29 is 14.7 Å². The van der Waals surface area contributed by atoms with Crippen LogP contribution in [0.4, 0.5) is 10.5 Å². The number of aliphatic carboxylic acids is 1. The Morgan fingerprint density at radius 1 is 1.43 bits per heavy atom. The van der Waals surface area contributed by atoms with E-state index in [1.165, 1.54) is 4.90 Å². The predicted octanol–water partition coefficient (Wildman–Crippen LogP) is 3.47. The molecule has 1 heterocycles. The number of nitrogens with one attached hydrogen (secondary N) is 1. The first-order chi connectivity index (χ1) is 9.88. The molecule has 2 rings (SSSR count). The number of benzene rings is 1. The van der Waals surface area contributed by atoms with Crippen molar-refractivity contribution in [2.45, 2.75) is 32.7 Å². The number of carboxylic acid groups (broad SMARTS) is 1. The van der Waals surface area contributed by atoms with Crippen LogP contribution in [-0.2, 0) is 4.79 Å². The first-order valence-corrected chi connectivity index (χ1v) is 7.74. The first-order valence-electron chi connectivity index (χ1n) is 6.95. The van der Waals surface area contributed by atoms with Crippen LogP contribution in [0.1, 0.15) is 25.3 Å². The molecule has 114 valence electrons. The second kappa shape index (κ2) is 6.47. The van der Waals surface area contributed by atoms with E-state index in [0.717, 1.165) is 16.5 Å². The van der Waals surface area contributed by atoms with Crippen LogP contribution in [-0.4, -0.2) is 34.6 Å². The largest absolute Gasteiger partial charge is 0.480 e. The van der Waals surface area contributed by atoms with E-state index in [1.54, 1.807) is 6.07 Å². The quantitative estimate of drug-likeness (QED) is 0.853. The van der Waals surface area contributed by atoms with Crippen LogP contribution in [0.25, 0.3) is 0 Å². The SMILES string of the molecule is Cc1ccc(NC(=O)N2CCC(C)CC2C(=O)O)cc1Br. The lowest BCUT2D eigenvalue weighted by Gasteiger charge is -2.35. The minimum atomic E-state index is -0.943. The van der Waals surface area contributed by atoms with Crippen molar-refractivity contribution in [3.63, 3.8) is 0 Å². The molecule has 2 amide bonds. The van der Waals surface area contributed by atoms with Crippen molar-refractivity contribution in [3.8, 4) is 0 Å². The van der Waals surface area contributed by atoms with E-state index in [4.69, 9.17) is 0 Å². The summed E-state index contributed by atoms with van der Waals surface area (Å²) in [4.78, 5) is 25.1. The van der Waals surface area contributed by atoms with Crippen LogP contribution in [0.2, 0.25) is 0 Å². The Balaban J connectivity index is 2.10. The Bertz CT molecular complexity index is 562. The van der Waals surface area contributed by atoms with Gasteiger partial charge in [-0.25, -0.2) is 9.59 Å². The maximum Gasteiger partial charge on any atom is 0.326 e. The molecule has 1 aromatic carbocycles. The number of amides is 2. The van der Waals surface area contributed by atoms with Gasteiger partial charge in [0.2, 0.25) is 0 Å². The smallest absolute Gasteiger partial charge is 0.326 e. The summed E-state index contributed by atoms with van der Waals surface area (Å²) in [5.41, 5.74) is 1.73. The summed E-state index contributed by atoms with van der Waals surface area (Å²) in [6.07, 6.45) is 1.33. The first kappa shape index (κ1) is 15.8. The number of hydrogen-bond donors (Lipinski definition) is 2. The molecule has 21 heavy (non-hydrogen) atoms. The van der Waals surface area contributed by atoms with Gasteiger partial charge >= 0.3 is 12.0 Å². The second-order valence-electron chi connectivity index (χ2n) is 5.57. The minimum absolute atomic E-state index is 0.323. The number of hydrogen-bond acceptors (Lipinski definition) is 2. The normalized spacial score (nSPS) is 22.0. The molecule has 2 N–H and O–H groups in total. The lowest BCUT2D eigenvalue weighted by Crippen LogP contribution is -2.51. The zero-order valence-electron chi connectivity index (χ0n) is 12.1. The Morgan fingerprint density at radius 3 is 2.76 bits per heavy atom. The number of rotatable bonds is 2. The number of aryl methyl sites for hydroxylation is 1. The predicted molar refractivity (Wildman–Crippen MR) is 84.4 cm³/mol. The van der Waals surface area contributed by atoms with Crippen LogP contribution < -0.4 is 5.32 Å². The number of anilines is 1. The van der Waals surface area contributed by atoms with Crippen LogP contribution in [0.5, 0.6) is 0 Å². The Kier molecular flexibility index (Phi) is 4.88. The summed E-state index contributed by atoms with van der Waals surface area (Å²) in [6.45, 7) is 4.45. The van der Waals surface area contributed by atoms with Crippen molar-refractivity contribution in [2.75, 3.05) is 11.9 Å². The van der Waals surface area contributed by atoms with Gasteiger partial charge in [0.1, 0.15) is 6.04 Å². The second-order valence-corrected chi connectivity index (χ2v) is 6.43. The number of piperidine rings is 1. The molecular weight excluding hydrogens is 336 g/mol. The third-order valence-electron chi connectivity index (χ3n) is 3.83. The fourth-order valence-electron chi connectivity index (χ4n) is 2.48. The van der Waals surface area contributed by atoms with Gasteiger partial charge < -0.3 is 15.3 Å². The number of halogens is 1. The molecule has 2 unspecified atom stereocenters. The number of nitrogens with zero attached hydrogens (tertiary/aromatic N) is 1. The van der Waals surface area contributed by atoms with Gasteiger partial charge in [0, 0.05) is 16.7 Å². The van der Waals surface area contributed by atoms with Crippen LogP contribution >= 0.6 is 15.9 Å². The van der Waals surface area contributed by atoms with Gasteiger partial charge in [-0.3, -0.25) is 0 Å². The molecule has 2 atom stereocenters. The molecule has 1 aromatic rings. The molecule has 1 aliphatic rings. The van der Waals surface area contributed by atoms with Crippen molar-refractivity contribution in [3.05, 3.63) is 28.2 Å². The van der Waals surface area contributed by atoms with Gasteiger partial charge in [-0.2, -0.15) is 0 Å². The number of carboxylic acids is 1. The topological polar surface area (TPSA) is 69.6 Å². The van der Waals surface area contributed by atoms with Gasteiger partial charge in [-0.1, -0.05) is 28.9 Å². The molecule has 1 saturated heterocycles. The number of urea groups is 1. The van der Waals surface area contributed by atoms with E-state index in [2.05, 4.69) is 21.2 Å². The number of likely N-dealkylation sites (tertiary alicyclic amines) is 1. The minimum Gasteiger partial charge on any atom is -0.480 e. The van der Waals surface area contributed by atoms with E-state index in [1.807, 2.05) is 26.0 Å². The molecule has 0 aliphatic carbocycles. The zero-order valence-corrected chi connectivity index (χ0v) is 13.7. The summed E-state index contributed by atoms with van der Waals surface area (Å²) in [5, 5.41) is 12.1. The summed E-state index contributed by atoms with van der Waals surface area (Å²) in [7, 11) is 0. The highest BCUT2D eigenvalue weighted by Gasteiger charge is 2.34. The van der Waals surface area contributed by atoms with Crippen molar-refractivity contribution >= 4 is 33.6 Å². The van der Waals surface area contributed by atoms with Crippen molar-refractivity contribution in [2.24, 2.45) is 5.92 Å². The fourth-order valence-corrected chi connectivity index (χ4v) is 2.86. The molecule has 1 aliphatic heterocycles. The summed E-state index contributed by atoms with van der Waals surface area (Å²) < 4.78 is 0.905. The average Bonchev–Trinajstić information content (AvgIpc) is 2.42. The highest BCUT2D eigenvalue weighted by Crippen LogP contribution is 2.25. The van der Waals surface area contributed by atoms with Crippen LogP contribution in [0, 0.1) is 12.8 Å². The molecule has 0 radical (unpaired) electrons. The lowest BCUT2D eigenvalue weighted by molar-refractivity contribution is -0.143. The van der Waals surface area contributed by atoms with Crippen molar-refractivity contribution in [1.82, 2.24) is 4.90 Å². The molecule has 0 saturated carbocycles. The van der Waals surface area contributed by atoms with Gasteiger partial charge in [0.15, 0.2) is 0 Å². The van der Waals surface area contributed by atoms with E-state index in [9.17, 15) is 14.7 Å². The monoisotopic (exact) mass is 354 g/mol. The molecule has 0 spiro atoms. The van der Waals surface area contributed by atoms with Gasteiger partial charge in [-0.05, 0) is 43.4 Å². The van der Waals surface area contributed by atoms with Crippen molar-refractivity contribution in [1.29, 1.82) is 0 Å². The molecule has 0 aromatic heterocycles. The number of carbonyl (C=O) groups is 2. The fraction of sp³-hybridized carbons (Fsp3) is 0.467. The summed E-state index contributed by atoms with van der Waals surface area (Å²) >= 11 is 3.42. The van der Waals surface area contributed by atoms with Gasteiger partial charge in [0.05, 0.1) is 0 Å². The Hall–Kier alpha value is -1.56. The zero-order chi connectivity index (χ0) is 15.6. The van der Waals surface area contributed by atoms with Gasteiger partial charge in [0.25, 0.3) is 0 Å². The Labute approximate surface area is 132 Å². The van der Waals surface area contributed by atoms with E-state index < -0.39 is 12.0 Å². The van der Waals surface area contributed by atoms with Crippen LogP contribution in [0.3, 0.4) is 0 Å². The summed E-state index contributed by atoms with van der Waals surface area (Å²) in [6, 6.07) is 4.41. The molecule has 5 nitrogen and oxygen atoms in total. The molecule has 1 fully saturated rings. The lowest BCUT2D eigenvalue weighted by atomic mass is 9.93. The number of carbonyl (C=O) groups excluding carboxylic acids is 1. The van der Waals surface area contributed by atoms with E-state index in [0.29, 0.717) is 24.6 Å². The highest BCUT2D eigenvalue weighted by molar-refractivity contribution is 9.10. The molecule has 6 heteroatoms. The highest BCUT2D eigenvalue weighted by atomic mass is 79.9. The molecular formula is C15H19BrN2O3. The maximum absolute atomic E-state index is 12.3.